The molecule has 0 aliphatic rings. The molecular formula is C17H3F10N. The minimum absolute atomic E-state index is 0.638. The number of hydrogen-bond acceptors (Lipinski definition) is 1. The van der Waals surface area contributed by atoms with Gasteiger partial charge in [-0.05, 0) is 6.07 Å². The van der Waals surface area contributed by atoms with Crippen LogP contribution < -0.4 is 0 Å². The van der Waals surface area contributed by atoms with E-state index in [9.17, 15) is 43.9 Å². The second kappa shape index (κ2) is 6.80. The summed E-state index contributed by atoms with van der Waals surface area (Å²) in [6.45, 7) is 0. The first kappa shape index (κ1) is 19.6. The van der Waals surface area contributed by atoms with E-state index in [4.69, 9.17) is 0 Å². The van der Waals surface area contributed by atoms with Gasteiger partial charge in [-0.25, -0.2) is 43.9 Å². The molecule has 0 aliphatic heterocycles. The van der Waals surface area contributed by atoms with Gasteiger partial charge in [0.25, 0.3) is 0 Å². The van der Waals surface area contributed by atoms with E-state index in [0.29, 0.717) is 6.07 Å². The summed E-state index contributed by atoms with van der Waals surface area (Å²) in [4.78, 5) is 3.32. The van der Waals surface area contributed by atoms with Crippen molar-refractivity contribution in [3.05, 3.63) is 76.5 Å². The van der Waals surface area contributed by atoms with Crippen molar-refractivity contribution in [3.63, 3.8) is 0 Å². The summed E-state index contributed by atoms with van der Waals surface area (Å²) in [7, 11) is 0. The molecule has 0 unspecified atom stereocenters. The fourth-order valence-corrected chi connectivity index (χ4v) is 2.46. The van der Waals surface area contributed by atoms with Crippen LogP contribution in [-0.2, 0) is 0 Å². The minimum Gasteiger partial charge on any atom is -0.255 e. The van der Waals surface area contributed by atoms with Gasteiger partial charge in [0.05, 0.1) is 16.8 Å². The van der Waals surface area contributed by atoms with E-state index in [1.807, 2.05) is 0 Å². The van der Waals surface area contributed by atoms with Crippen molar-refractivity contribution in [2.24, 2.45) is 0 Å². The quantitative estimate of drug-likeness (QED) is 0.295. The Balaban J connectivity index is 2.46. The molecule has 1 nitrogen and oxygen atoms in total. The first-order valence-corrected chi connectivity index (χ1v) is 7.08. The molecule has 0 bridgehead atoms. The molecule has 0 atom stereocenters. The van der Waals surface area contributed by atoms with Crippen LogP contribution in [0.15, 0.2) is 18.3 Å². The topological polar surface area (TPSA) is 12.9 Å². The SMILES string of the molecule is Fc1c(F)c(F)c(-c2cccnc2-c2c(F)c(F)c(F)c(F)c2F)c(F)c1F. The fourth-order valence-electron chi connectivity index (χ4n) is 2.46. The molecule has 0 amide bonds. The van der Waals surface area contributed by atoms with Crippen molar-refractivity contribution in [1.29, 1.82) is 0 Å². The van der Waals surface area contributed by atoms with E-state index in [0.717, 1.165) is 12.3 Å². The molecule has 0 saturated heterocycles. The average molecular weight is 411 g/mol. The average Bonchev–Trinajstić information content (AvgIpc) is 2.69. The molecular weight excluding hydrogens is 408 g/mol. The van der Waals surface area contributed by atoms with Gasteiger partial charge in [0.15, 0.2) is 46.5 Å². The zero-order chi connectivity index (χ0) is 20.9. The molecule has 0 fully saturated rings. The number of pyridine rings is 1. The summed E-state index contributed by atoms with van der Waals surface area (Å²) in [6, 6.07) is 1.53. The molecule has 3 aromatic rings. The third-order valence-electron chi connectivity index (χ3n) is 3.73. The van der Waals surface area contributed by atoms with Crippen LogP contribution in [0.2, 0.25) is 0 Å². The highest BCUT2D eigenvalue weighted by atomic mass is 19.2. The second-order valence-electron chi connectivity index (χ2n) is 5.29. The monoisotopic (exact) mass is 411 g/mol. The molecule has 0 radical (unpaired) electrons. The first-order valence-electron chi connectivity index (χ1n) is 7.08. The van der Waals surface area contributed by atoms with Crippen molar-refractivity contribution >= 4 is 0 Å². The number of hydrogen-bond donors (Lipinski definition) is 0. The maximum absolute atomic E-state index is 14.1. The van der Waals surface area contributed by atoms with Crippen LogP contribution >= 0.6 is 0 Å². The van der Waals surface area contributed by atoms with Gasteiger partial charge in [-0.1, -0.05) is 6.07 Å². The van der Waals surface area contributed by atoms with Gasteiger partial charge in [0.1, 0.15) is 0 Å². The highest BCUT2D eigenvalue weighted by Gasteiger charge is 2.32. The summed E-state index contributed by atoms with van der Waals surface area (Å²) in [5, 5.41) is 0. The smallest absolute Gasteiger partial charge is 0.200 e. The number of rotatable bonds is 2. The van der Waals surface area contributed by atoms with Gasteiger partial charge in [-0.15, -0.1) is 0 Å². The van der Waals surface area contributed by atoms with Gasteiger partial charge >= 0.3 is 0 Å². The predicted octanol–water partition coefficient (Wildman–Crippen LogP) is 5.81. The largest absolute Gasteiger partial charge is 0.255 e. The van der Waals surface area contributed by atoms with Crippen molar-refractivity contribution in [2.75, 3.05) is 0 Å². The van der Waals surface area contributed by atoms with E-state index in [1.54, 1.807) is 0 Å². The molecule has 2 aromatic carbocycles. The van der Waals surface area contributed by atoms with Crippen LogP contribution in [0.4, 0.5) is 43.9 Å². The molecule has 3 rings (SSSR count). The summed E-state index contributed by atoms with van der Waals surface area (Å²) < 4.78 is 136. The second-order valence-corrected chi connectivity index (χ2v) is 5.29. The molecule has 28 heavy (non-hydrogen) atoms. The minimum atomic E-state index is -2.51. The summed E-state index contributed by atoms with van der Waals surface area (Å²) in [5.74, 6) is -24.1. The molecule has 1 aromatic heterocycles. The van der Waals surface area contributed by atoms with Crippen LogP contribution in [0, 0.1) is 58.2 Å². The van der Waals surface area contributed by atoms with Crippen molar-refractivity contribution < 1.29 is 43.9 Å². The fraction of sp³-hybridized carbons (Fsp3) is 0. The van der Waals surface area contributed by atoms with E-state index in [1.165, 1.54) is 0 Å². The van der Waals surface area contributed by atoms with Crippen molar-refractivity contribution in [1.82, 2.24) is 4.98 Å². The number of halogens is 10. The molecule has 0 N–H and O–H groups in total. The van der Waals surface area contributed by atoms with Crippen LogP contribution in [0.1, 0.15) is 0 Å². The molecule has 1 heterocycles. The number of nitrogens with zero attached hydrogens (tertiary/aromatic N) is 1. The Morgan fingerprint density at radius 2 is 0.821 bits per heavy atom. The predicted molar refractivity (Wildman–Crippen MR) is 74.7 cm³/mol. The van der Waals surface area contributed by atoms with Gasteiger partial charge in [0, 0.05) is 11.8 Å². The lowest BCUT2D eigenvalue weighted by molar-refractivity contribution is 0.380. The van der Waals surface area contributed by atoms with Gasteiger partial charge in [-0.2, -0.15) is 0 Å². The highest BCUT2D eigenvalue weighted by molar-refractivity contribution is 5.82. The van der Waals surface area contributed by atoms with Crippen molar-refractivity contribution in [2.45, 2.75) is 0 Å². The molecule has 0 saturated carbocycles. The molecule has 0 spiro atoms. The molecule has 11 heteroatoms. The summed E-state index contributed by atoms with van der Waals surface area (Å²) in [6.07, 6.45) is 0.753. The van der Waals surface area contributed by atoms with Crippen molar-refractivity contribution in [3.8, 4) is 22.4 Å². The lowest BCUT2D eigenvalue weighted by atomic mass is 9.97. The zero-order valence-corrected chi connectivity index (χ0v) is 13.0. The summed E-state index contributed by atoms with van der Waals surface area (Å²) in [5.41, 5.74) is -5.66. The van der Waals surface area contributed by atoms with E-state index < -0.39 is 80.6 Å². The number of aromatic nitrogens is 1. The van der Waals surface area contributed by atoms with Gasteiger partial charge in [0.2, 0.25) is 11.6 Å². The maximum atomic E-state index is 14.1. The van der Waals surface area contributed by atoms with Crippen LogP contribution in [0.5, 0.6) is 0 Å². The highest BCUT2D eigenvalue weighted by Crippen LogP contribution is 2.39. The van der Waals surface area contributed by atoms with Gasteiger partial charge < -0.3 is 0 Å². The standard InChI is InChI=1S/C17H3F10N/c18-7-5(8(19)12(23)15(26)11(7)22)4-2-1-3-28-17(4)6-9(20)13(24)16(27)14(25)10(6)21/h1-3H. The Morgan fingerprint density at radius 1 is 0.464 bits per heavy atom. The third kappa shape index (κ3) is 2.69. The van der Waals surface area contributed by atoms with Crippen LogP contribution in [0.25, 0.3) is 22.4 Å². The Kier molecular flexibility index (Phi) is 4.77. The maximum Gasteiger partial charge on any atom is 0.200 e. The Morgan fingerprint density at radius 3 is 1.25 bits per heavy atom. The summed E-state index contributed by atoms with van der Waals surface area (Å²) >= 11 is 0. The Bertz CT molecular complexity index is 979. The first-order chi connectivity index (χ1) is 13.1. The van der Waals surface area contributed by atoms with E-state index >= 15 is 0 Å². The van der Waals surface area contributed by atoms with Gasteiger partial charge in [-0.3, -0.25) is 4.98 Å². The molecule has 146 valence electrons. The Labute approximate surface area is 148 Å². The molecule has 0 aliphatic carbocycles. The number of benzene rings is 2. The Hall–Kier alpha value is -3.11. The van der Waals surface area contributed by atoms with Crippen LogP contribution in [0.3, 0.4) is 0 Å². The van der Waals surface area contributed by atoms with E-state index in [-0.39, 0.29) is 0 Å². The van der Waals surface area contributed by atoms with E-state index in [2.05, 4.69) is 4.98 Å². The third-order valence-corrected chi connectivity index (χ3v) is 3.73. The zero-order valence-electron chi connectivity index (χ0n) is 13.0. The normalized spacial score (nSPS) is 11.2. The lowest BCUT2D eigenvalue weighted by Crippen LogP contribution is -2.08. The van der Waals surface area contributed by atoms with Crippen LogP contribution in [-0.4, -0.2) is 4.98 Å². The lowest BCUT2D eigenvalue weighted by Gasteiger charge is -2.14.